The van der Waals surface area contributed by atoms with Crippen molar-refractivity contribution in [2.24, 2.45) is 11.8 Å². The van der Waals surface area contributed by atoms with Crippen LogP contribution in [0.5, 0.6) is 0 Å². The van der Waals surface area contributed by atoms with Gasteiger partial charge in [0, 0.05) is 43.3 Å². The van der Waals surface area contributed by atoms with Crippen molar-refractivity contribution in [1.82, 2.24) is 10.3 Å². The van der Waals surface area contributed by atoms with Gasteiger partial charge in [-0.15, -0.1) is 0 Å². The Labute approximate surface area is 131 Å². The summed E-state index contributed by atoms with van der Waals surface area (Å²) in [6.45, 7) is 15.5. The van der Waals surface area contributed by atoms with Crippen molar-refractivity contribution in [3.05, 3.63) is 24.0 Å². The summed E-state index contributed by atoms with van der Waals surface area (Å²) in [5.74, 6) is 1.45. The van der Waals surface area contributed by atoms with Gasteiger partial charge in [-0.2, -0.15) is 0 Å². The van der Waals surface area contributed by atoms with Gasteiger partial charge in [0.2, 0.25) is 0 Å². The predicted octanol–water partition coefficient (Wildman–Crippen LogP) is 4.09. The maximum atomic E-state index is 4.31. The van der Waals surface area contributed by atoms with Crippen LogP contribution in [0.15, 0.2) is 18.5 Å². The molecule has 0 atom stereocenters. The molecule has 1 aromatic heterocycles. The first kappa shape index (κ1) is 18.0. The molecule has 1 N–H and O–H groups in total. The molecule has 1 aromatic rings. The zero-order chi connectivity index (χ0) is 15.7. The van der Waals surface area contributed by atoms with Gasteiger partial charge in [0.25, 0.3) is 0 Å². The van der Waals surface area contributed by atoms with E-state index in [9.17, 15) is 0 Å². The molecular weight excluding hydrogens is 258 g/mol. The number of nitrogens with one attached hydrogen (secondary N) is 1. The first-order chi connectivity index (χ1) is 10.1. The van der Waals surface area contributed by atoms with E-state index in [1.807, 2.05) is 12.4 Å². The zero-order valence-electron chi connectivity index (χ0n) is 14.5. The second kappa shape index (κ2) is 9.78. The van der Waals surface area contributed by atoms with Crippen molar-refractivity contribution in [3.8, 4) is 0 Å². The smallest absolute Gasteiger partial charge is 0.0442 e. The summed E-state index contributed by atoms with van der Waals surface area (Å²) in [5.41, 5.74) is 2.65. The van der Waals surface area contributed by atoms with Gasteiger partial charge in [0.05, 0.1) is 0 Å². The monoisotopic (exact) mass is 291 g/mol. The average molecular weight is 291 g/mol. The number of nitrogens with zero attached hydrogens (tertiary/aromatic N) is 2. The lowest BCUT2D eigenvalue weighted by atomic mass is 10.0. The SMILES string of the molecule is CCC(CC)CN(CC)c1ccncc1CNCC(C)C. The van der Waals surface area contributed by atoms with Crippen molar-refractivity contribution in [3.63, 3.8) is 0 Å². The van der Waals surface area contributed by atoms with Gasteiger partial charge in [0.1, 0.15) is 0 Å². The Balaban J connectivity index is 2.78. The molecule has 0 fully saturated rings. The number of pyridine rings is 1. The molecule has 0 spiro atoms. The summed E-state index contributed by atoms with van der Waals surface area (Å²) in [6, 6.07) is 2.16. The third-order valence-electron chi connectivity index (χ3n) is 4.10. The average Bonchev–Trinajstić information content (AvgIpc) is 2.49. The van der Waals surface area contributed by atoms with E-state index in [1.165, 1.54) is 24.1 Å². The van der Waals surface area contributed by atoms with Crippen molar-refractivity contribution in [2.75, 3.05) is 24.5 Å². The molecule has 3 heteroatoms. The highest BCUT2D eigenvalue weighted by molar-refractivity contribution is 5.52. The number of rotatable bonds is 10. The fourth-order valence-corrected chi connectivity index (χ4v) is 2.62. The molecule has 0 radical (unpaired) electrons. The van der Waals surface area contributed by atoms with Crippen LogP contribution < -0.4 is 10.2 Å². The van der Waals surface area contributed by atoms with Gasteiger partial charge in [-0.3, -0.25) is 4.98 Å². The Morgan fingerprint density at radius 2 is 1.90 bits per heavy atom. The van der Waals surface area contributed by atoms with Crippen molar-refractivity contribution in [1.29, 1.82) is 0 Å². The van der Waals surface area contributed by atoms with Crippen molar-refractivity contribution in [2.45, 2.75) is 54.0 Å². The van der Waals surface area contributed by atoms with Crippen LogP contribution in [-0.2, 0) is 6.54 Å². The minimum absolute atomic E-state index is 0.678. The molecule has 0 aliphatic rings. The van der Waals surface area contributed by atoms with Crippen LogP contribution in [0.1, 0.15) is 53.0 Å². The van der Waals surface area contributed by atoms with Gasteiger partial charge in [0.15, 0.2) is 0 Å². The summed E-state index contributed by atoms with van der Waals surface area (Å²) in [6.07, 6.45) is 6.42. The fourth-order valence-electron chi connectivity index (χ4n) is 2.62. The Morgan fingerprint density at radius 1 is 1.19 bits per heavy atom. The summed E-state index contributed by atoms with van der Waals surface area (Å²) in [7, 11) is 0. The van der Waals surface area contributed by atoms with Crippen molar-refractivity contribution < 1.29 is 0 Å². The van der Waals surface area contributed by atoms with Crippen LogP contribution in [0.4, 0.5) is 5.69 Å². The quantitative estimate of drug-likeness (QED) is 0.704. The van der Waals surface area contributed by atoms with E-state index in [2.05, 4.69) is 55.9 Å². The van der Waals surface area contributed by atoms with Crippen LogP contribution in [0.3, 0.4) is 0 Å². The van der Waals surface area contributed by atoms with E-state index in [-0.39, 0.29) is 0 Å². The van der Waals surface area contributed by atoms with Crippen LogP contribution in [0, 0.1) is 11.8 Å². The van der Waals surface area contributed by atoms with E-state index >= 15 is 0 Å². The lowest BCUT2D eigenvalue weighted by Crippen LogP contribution is -2.30. The Morgan fingerprint density at radius 3 is 2.48 bits per heavy atom. The van der Waals surface area contributed by atoms with Crippen LogP contribution in [-0.4, -0.2) is 24.6 Å². The predicted molar refractivity (Wildman–Crippen MR) is 92.7 cm³/mol. The minimum atomic E-state index is 0.678. The van der Waals surface area contributed by atoms with Crippen LogP contribution in [0.25, 0.3) is 0 Å². The molecule has 0 amide bonds. The molecule has 3 nitrogen and oxygen atoms in total. The Kier molecular flexibility index (Phi) is 8.36. The van der Waals surface area contributed by atoms with Gasteiger partial charge in [-0.1, -0.05) is 40.5 Å². The molecule has 1 rings (SSSR count). The Bertz CT molecular complexity index is 386. The molecule has 0 bridgehead atoms. The lowest BCUT2D eigenvalue weighted by Gasteiger charge is -2.29. The summed E-state index contributed by atoms with van der Waals surface area (Å²) in [5, 5.41) is 3.54. The van der Waals surface area contributed by atoms with Gasteiger partial charge < -0.3 is 10.2 Å². The lowest BCUT2D eigenvalue weighted by molar-refractivity contribution is 0.485. The summed E-state index contributed by atoms with van der Waals surface area (Å²) < 4.78 is 0. The number of anilines is 1. The largest absolute Gasteiger partial charge is 0.371 e. The van der Waals surface area contributed by atoms with E-state index in [4.69, 9.17) is 0 Å². The topological polar surface area (TPSA) is 28.2 Å². The normalized spacial score (nSPS) is 11.4. The maximum Gasteiger partial charge on any atom is 0.0442 e. The van der Waals surface area contributed by atoms with Crippen LogP contribution >= 0.6 is 0 Å². The highest BCUT2D eigenvalue weighted by atomic mass is 15.1. The molecular formula is C18H33N3. The molecule has 120 valence electrons. The first-order valence-corrected chi connectivity index (χ1v) is 8.50. The molecule has 0 unspecified atom stereocenters. The standard InChI is InChI=1S/C18H33N3/c1-6-16(7-2)14-21(8-3)18-9-10-19-12-17(18)13-20-11-15(4)5/h9-10,12,15-16,20H,6-8,11,13-14H2,1-5H3. The molecule has 21 heavy (non-hydrogen) atoms. The highest BCUT2D eigenvalue weighted by Gasteiger charge is 2.13. The molecule has 0 saturated carbocycles. The van der Waals surface area contributed by atoms with E-state index in [0.29, 0.717) is 5.92 Å². The summed E-state index contributed by atoms with van der Waals surface area (Å²) in [4.78, 5) is 6.82. The molecule has 1 heterocycles. The summed E-state index contributed by atoms with van der Waals surface area (Å²) >= 11 is 0. The first-order valence-electron chi connectivity index (χ1n) is 8.50. The zero-order valence-corrected chi connectivity index (χ0v) is 14.5. The van der Waals surface area contributed by atoms with Gasteiger partial charge in [-0.05, 0) is 31.4 Å². The maximum absolute atomic E-state index is 4.31. The second-order valence-electron chi connectivity index (χ2n) is 6.25. The number of aromatic nitrogens is 1. The van der Waals surface area contributed by atoms with E-state index < -0.39 is 0 Å². The fraction of sp³-hybridized carbons (Fsp3) is 0.722. The minimum Gasteiger partial charge on any atom is -0.371 e. The second-order valence-corrected chi connectivity index (χ2v) is 6.25. The van der Waals surface area contributed by atoms with E-state index in [0.717, 1.165) is 32.1 Å². The number of hydrogen-bond donors (Lipinski definition) is 1. The Hall–Kier alpha value is -1.09. The molecule has 0 aromatic carbocycles. The third kappa shape index (κ3) is 6.04. The number of hydrogen-bond acceptors (Lipinski definition) is 3. The van der Waals surface area contributed by atoms with Crippen LogP contribution in [0.2, 0.25) is 0 Å². The van der Waals surface area contributed by atoms with E-state index in [1.54, 1.807) is 0 Å². The molecule has 0 aliphatic heterocycles. The van der Waals surface area contributed by atoms with Crippen molar-refractivity contribution >= 4 is 5.69 Å². The van der Waals surface area contributed by atoms with Gasteiger partial charge in [-0.25, -0.2) is 0 Å². The van der Waals surface area contributed by atoms with Gasteiger partial charge >= 0.3 is 0 Å². The third-order valence-corrected chi connectivity index (χ3v) is 4.10. The molecule has 0 saturated heterocycles. The molecule has 0 aliphatic carbocycles. The highest BCUT2D eigenvalue weighted by Crippen LogP contribution is 2.22.